The Morgan fingerprint density at radius 1 is 1.05 bits per heavy atom. The van der Waals surface area contributed by atoms with Crippen molar-refractivity contribution in [1.82, 2.24) is 0 Å². The van der Waals surface area contributed by atoms with E-state index in [0.717, 1.165) is 17.2 Å². The van der Waals surface area contributed by atoms with Gasteiger partial charge in [-0.25, -0.2) is 0 Å². The summed E-state index contributed by atoms with van der Waals surface area (Å²) in [6, 6.07) is 16.0. The van der Waals surface area contributed by atoms with E-state index < -0.39 is 0 Å². The van der Waals surface area contributed by atoms with Crippen molar-refractivity contribution in [2.75, 3.05) is 19.7 Å². The zero-order valence-electron chi connectivity index (χ0n) is 12.0. The van der Waals surface area contributed by atoms with Crippen LogP contribution >= 0.6 is 11.6 Å². The van der Waals surface area contributed by atoms with Crippen LogP contribution in [0.3, 0.4) is 0 Å². The third-order valence-electron chi connectivity index (χ3n) is 3.40. The van der Waals surface area contributed by atoms with Crippen LogP contribution in [0.15, 0.2) is 48.5 Å². The largest absolute Gasteiger partial charge is 0.492 e. The summed E-state index contributed by atoms with van der Waals surface area (Å²) < 4.78 is 5.57. The van der Waals surface area contributed by atoms with Gasteiger partial charge in [0.05, 0.1) is 0 Å². The molecule has 2 aromatic carbocycles. The minimum Gasteiger partial charge on any atom is -0.492 e. The topological polar surface area (TPSA) is 61.3 Å². The first-order valence-corrected chi connectivity index (χ1v) is 7.48. The fourth-order valence-corrected chi connectivity index (χ4v) is 2.40. The molecule has 0 saturated heterocycles. The zero-order chi connectivity index (χ0) is 15.1. The number of hydrogen-bond acceptors (Lipinski definition) is 3. The molecule has 0 aromatic heterocycles. The van der Waals surface area contributed by atoms with Gasteiger partial charge in [0, 0.05) is 17.5 Å². The Morgan fingerprint density at radius 2 is 1.81 bits per heavy atom. The second-order valence-electron chi connectivity index (χ2n) is 4.97. The zero-order valence-corrected chi connectivity index (χ0v) is 12.7. The van der Waals surface area contributed by atoms with E-state index in [1.165, 1.54) is 11.1 Å². The highest BCUT2D eigenvalue weighted by molar-refractivity contribution is 6.30. The van der Waals surface area contributed by atoms with Gasteiger partial charge in [-0.3, -0.25) is 0 Å². The molecule has 0 saturated carbocycles. The van der Waals surface area contributed by atoms with Crippen LogP contribution in [0.5, 0.6) is 5.75 Å². The lowest BCUT2D eigenvalue weighted by molar-refractivity contribution is 0.328. The van der Waals surface area contributed by atoms with Gasteiger partial charge in [0.2, 0.25) is 0 Å². The molecule has 3 nitrogen and oxygen atoms in total. The van der Waals surface area contributed by atoms with Crippen molar-refractivity contribution in [3.05, 3.63) is 64.7 Å². The minimum absolute atomic E-state index is 0.257. The molecule has 2 rings (SSSR count). The minimum atomic E-state index is 0.257. The normalized spacial score (nSPS) is 12.1. The standard InChI is InChI=1S/C17H21ClN2O/c18-16-6-4-13(5-7-16)10-15(12-20)14-2-1-3-17(11-14)21-9-8-19/h1-7,11,15H,8-10,12,19-20H2. The van der Waals surface area contributed by atoms with Crippen LogP contribution in [0.2, 0.25) is 5.02 Å². The molecule has 0 spiro atoms. The van der Waals surface area contributed by atoms with E-state index in [1.807, 2.05) is 42.5 Å². The van der Waals surface area contributed by atoms with E-state index in [-0.39, 0.29) is 5.92 Å². The lowest BCUT2D eigenvalue weighted by atomic mass is 9.92. The number of ether oxygens (including phenoxy) is 1. The lowest BCUT2D eigenvalue weighted by Crippen LogP contribution is -2.15. The Kier molecular flexibility index (Phi) is 6.05. The summed E-state index contributed by atoms with van der Waals surface area (Å²) in [7, 11) is 0. The first-order chi connectivity index (χ1) is 10.2. The summed E-state index contributed by atoms with van der Waals surface area (Å²) >= 11 is 5.92. The van der Waals surface area contributed by atoms with Gasteiger partial charge in [-0.15, -0.1) is 0 Å². The molecular formula is C17H21ClN2O. The molecule has 0 amide bonds. The number of rotatable bonds is 7. The van der Waals surface area contributed by atoms with E-state index in [9.17, 15) is 0 Å². The van der Waals surface area contributed by atoms with Crippen molar-refractivity contribution in [3.63, 3.8) is 0 Å². The number of halogens is 1. The summed E-state index contributed by atoms with van der Waals surface area (Å²) in [6.45, 7) is 1.62. The van der Waals surface area contributed by atoms with Gasteiger partial charge < -0.3 is 16.2 Å². The van der Waals surface area contributed by atoms with Gasteiger partial charge in [0.1, 0.15) is 12.4 Å². The van der Waals surface area contributed by atoms with Gasteiger partial charge in [-0.05, 0) is 48.4 Å². The quantitative estimate of drug-likeness (QED) is 0.826. The molecular weight excluding hydrogens is 284 g/mol. The van der Waals surface area contributed by atoms with E-state index in [1.54, 1.807) is 0 Å². The van der Waals surface area contributed by atoms with Crippen molar-refractivity contribution < 1.29 is 4.74 Å². The molecule has 0 radical (unpaired) electrons. The van der Waals surface area contributed by atoms with Crippen molar-refractivity contribution in [2.24, 2.45) is 11.5 Å². The first kappa shape index (κ1) is 15.8. The molecule has 1 unspecified atom stereocenters. The molecule has 0 fully saturated rings. The van der Waals surface area contributed by atoms with Crippen molar-refractivity contribution in [2.45, 2.75) is 12.3 Å². The van der Waals surface area contributed by atoms with Crippen molar-refractivity contribution >= 4 is 11.6 Å². The van der Waals surface area contributed by atoms with E-state index in [2.05, 4.69) is 6.07 Å². The Balaban J connectivity index is 2.11. The Labute approximate surface area is 130 Å². The Hall–Kier alpha value is -1.55. The maximum absolute atomic E-state index is 5.95. The average molecular weight is 305 g/mol. The molecule has 1 atom stereocenters. The second kappa shape index (κ2) is 8.03. The van der Waals surface area contributed by atoms with Crippen LogP contribution in [-0.2, 0) is 6.42 Å². The molecule has 0 aliphatic heterocycles. The van der Waals surface area contributed by atoms with Gasteiger partial charge in [0.25, 0.3) is 0 Å². The lowest BCUT2D eigenvalue weighted by Gasteiger charge is -2.16. The van der Waals surface area contributed by atoms with Gasteiger partial charge >= 0.3 is 0 Å². The van der Waals surface area contributed by atoms with E-state index in [0.29, 0.717) is 19.7 Å². The number of hydrogen-bond donors (Lipinski definition) is 2. The molecule has 4 N–H and O–H groups in total. The van der Waals surface area contributed by atoms with Gasteiger partial charge in [0.15, 0.2) is 0 Å². The molecule has 0 bridgehead atoms. The molecule has 112 valence electrons. The van der Waals surface area contributed by atoms with Gasteiger partial charge in [-0.1, -0.05) is 35.9 Å². The first-order valence-electron chi connectivity index (χ1n) is 7.10. The van der Waals surface area contributed by atoms with Crippen molar-refractivity contribution in [1.29, 1.82) is 0 Å². The summed E-state index contributed by atoms with van der Waals surface area (Å²) in [5, 5.41) is 0.750. The molecule has 21 heavy (non-hydrogen) atoms. The molecule has 2 aromatic rings. The maximum atomic E-state index is 5.95. The maximum Gasteiger partial charge on any atom is 0.119 e. The van der Waals surface area contributed by atoms with Crippen LogP contribution in [0, 0.1) is 0 Å². The highest BCUT2D eigenvalue weighted by Crippen LogP contribution is 2.24. The molecule has 0 heterocycles. The van der Waals surface area contributed by atoms with E-state index >= 15 is 0 Å². The van der Waals surface area contributed by atoms with Crippen LogP contribution in [0.4, 0.5) is 0 Å². The summed E-state index contributed by atoms with van der Waals surface area (Å²) in [5.74, 6) is 1.10. The highest BCUT2D eigenvalue weighted by atomic mass is 35.5. The average Bonchev–Trinajstić information content (AvgIpc) is 2.52. The predicted octanol–water partition coefficient (Wildman–Crippen LogP) is 2.96. The second-order valence-corrected chi connectivity index (χ2v) is 5.41. The molecule has 0 aliphatic carbocycles. The molecule has 0 aliphatic rings. The Morgan fingerprint density at radius 3 is 2.48 bits per heavy atom. The fraction of sp³-hybridized carbons (Fsp3) is 0.294. The summed E-state index contributed by atoms with van der Waals surface area (Å²) in [6.07, 6.45) is 0.883. The predicted molar refractivity (Wildman–Crippen MR) is 87.9 cm³/mol. The summed E-state index contributed by atoms with van der Waals surface area (Å²) in [4.78, 5) is 0. The molecule has 4 heteroatoms. The van der Waals surface area contributed by atoms with Crippen LogP contribution in [0.1, 0.15) is 17.0 Å². The Bertz CT molecular complexity index is 557. The number of nitrogens with two attached hydrogens (primary N) is 2. The third-order valence-corrected chi connectivity index (χ3v) is 3.65. The van der Waals surface area contributed by atoms with Crippen LogP contribution in [0.25, 0.3) is 0 Å². The SMILES string of the molecule is NCCOc1cccc(C(CN)Cc2ccc(Cl)cc2)c1. The monoisotopic (exact) mass is 304 g/mol. The fourth-order valence-electron chi connectivity index (χ4n) is 2.28. The highest BCUT2D eigenvalue weighted by Gasteiger charge is 2.11. The van der Waals surface area contributed by atoms with Crippen molar-refractivity contribution in [3.8, 4) is 5.75 Å². The van der Waals surface area contributed by atoms with Crippen LogP contribution < -0.4 is 16.2 Å². The third kappa shape index (κ3) is 4.74. The van der Waals surface area contributed by atoms with E-state index in [4.69, 9.17) is 27.8 Å². The van der Waals surface area contributed by atoms with Gasteiger partial charge in [-0.2, -0.15) is 0 Å². The summed E-state index contributed by atoms with van der Waals surface area (Å²) in [5.41, 5.74) is 13.8. The van der Waals surface area contributed by atoms with Crippen LogP contribution in [-0.4, -0.2) is 19.7 Å². The smallest absolute Gasteiger partial charge is 0.119 e. The number of benzene rings is 2.